The second-order valence-corrected chi connectivity index (χ2v) is 6.42. The van der Waals surface area contributed by atoms with Crippen LogP contribution in [0.15, 0.2) is 10.5 Å². The fraction of sp³-hybridized carbons (Fsp3) is 0.765. The minimum absolute atomic E-state index is 0.724. The monoisotopic (exact) mass is 278 g/mol. The number of hydrogen-bond donors (Lipinski definition) is 1. The maximum atomic E-state index is 6.05. The molecule has 1 saturated heterocycles. The molecule has 1 fully saturated rings. The van der Waals surface area contributed by atoms with Crippen LogP contribution in [0.5, 0.6) is 0 Å². The fourth-order valence-electron chi connectivity index (χ4n) is 3.23. The summed E-state index contributed by atoms with van der Waals surface area (Å²) in [5, 5.41) is 3.42. The van der Waals surface area contributed by atoms with Gasteiger partial charge in [-0.1, -0.05) is 20.8 Å². The lowest BCUT2D eigenvalue weighted by atomic mass is 10.0. The molecular formula is C17H30N2O. The van der Waals surface area contributed by atoms with Gasteiger partial charge in [0.1, 0.15) is 11.5 Å². The van der Waals surface area contributed by atoms with E-state index in [1.807, 2.05) is 0 Å². The van der Waals surface area contributed by atoms with Gasteiger partial charge in [0.15, 0.2) is 0 Å². The molecule has 2 heterocycles. The number of likely N-dealkylation sites (tertiary alicyclic amines) is 1. The molecule has 0 bridgehead atoms. The highest BCUT2D eigenvalue weighted by Crippen LogP contribution is 2.26. The molecule has 0 saturated carbocycles. The van der Waals surface area contributed by atoms with E-state index in [1.165, 1.54) is 24.9 Å². The topological polar surface area (TPSA) is 28.4 Å². The van der Waals surface area contributed by atoms with E-state index < -0.39 is 0 Å². The number of aryl methyl sites for hydroxylation is 1. The van der Waals surface area contributed by atoms with E-state index in [1.54, 1.807) is 0 Å². The van der Waals surface area contributed by atoms with E-state index in [4.69, 9.17) is 4.42 Å². The molecule has 0 aliphatic carbocycles. The standard InChI is InChI=1S/C17H30N2O/c1-5-8-18-11-17-14(4)10-15(20-17)12-19-9-6-7-16(19)13(2)3/h10,13,16,18H,5-9,11-12H2,1-4H3. The van der Waals surface area contributed by atoms with Gasteiger partial charge in [0.25, 0.3) is 0 Å². The minimum Gasteiger partial charge on any atom is -0.463 e. The van der Waals surface area contributed by atoms with Crippen molar-refractivity contribution in [2.75, 3.05) is 13.1 Å². The highest BCUT2D eigenvalue weighted by Gasteiger charge is 2.27. The zero-order chi connectivity index (χ0) is 14.5. The normalized spacial score (nSPS) is 20.1. The summed E-state index contributed by atoms with van der Waals surface area (Å²) in [7, 11) is 0. The fourth-order valence-corrected chi connectivity index (χ4v) is 3.23. The Morgan fingerprint density at radius 2 is 2.25 bits per heavy atom. The van der Waals surface area contributed by atoms with E-state index in [0.29, 0.717) is 0 Å². The number of hydrogen-bond acceptors (Lipinski definition) is 3. The Hall–Kier alpha value is -0.800. The highest BCUT2D eigenvalue weighted by atomic mass is 16.3. The van der Waals surface area contributed by atoms with E-state index >= 15 is 0 Å². The van der Waals surface area contributed by atoms with Crippen molar-refractivity contribution in [1.29, 1.82) is 0 Å². The maximum absolute atomic E-state index is 6.05. The number of furan rings is 1. The lowest BCUT2D eigenvalue weighted by Crippen LogP contribution is -2.32. The Labute approximate surface area is 123 Å². The molecule has 1 N–H and O–H groups in total. The van der Waals surface area contributed by atoms with E-state index in [0.717, 1.165) is 49.5 Å². The SMILES string of the molecule is CCCNCc1oc(CN2CCCC2C(C)C)cc1C. The van der Waals surface area contributed by atoms with E-state index in [-0.39, 0.29) is 0 Å². The molecule has 0 aromatic carbocycles. The average Bonchev–Trinajstić information content (AvgIpc) is 2.98. The van der Waals surface area contributed by atoms with Gasteiger partial charge in [-0.15, -0.1) is 0 Å². The third-order valence-electron chi connectivity index (χ3n) is 4.33. The van der Waals surface area contributed by atoms with Crippen molar-refractivity contribution < 1.29 is 4.42 Å². The van der Waals surface area contributed by atoms with Crippen LogP contribution in [0, 0.1) is 12.8 Å². The summed E-state index contributed by atoms with van der Waals surface area (Å²) in [5.41, 5.74) is 1.28. The van der Waals surface area contributed by atoms with Crippen molar-refractivity contribution in [1.82, 2.24) is 10.2 Å². The Kier molecular flexibility index (Phi) is 5.67. The van der Waals surface area contributed by atoms with Gasteiger partial charge in [0.05, 0.1) is 13.1 Å². The quantitative estimate of drug-likeness (QED) is 0.771. The summed E-state index contributed by atoms with van der Waals surface area (Å²) < 4.78 is 6.05. The van der Waals surface area contributed by atoms with Crippen LogP contribution in [0.25, 0.3) is 0 Å². The molecular weight excluding hydrogens is 248 g/mol. The zero-order valence-corrected chi connectivity index (χ0v) is 13.5. The van der Waals surface area contributed by atoms with Crippen molar-refractivity contribution in [3.8, 4) is 0 Å². The molecule has 0 radical (unpaired) electrons. The molecule has 1 aromatic rings. The predicted molar refractivity (Wildman–Crippen MR) is 83.7 cm³/mol. The zero-order valence-electron chi connectivity index (χ0n) is 13.5. The van der Waals surface area contributed by atoms with Crippen LogP contribution >= 0.6 is 0 Å². The molecule has 1 unspecified atom stereocenters. The van der Waals surface area contributed by atoms with Gasteiger partial charge in [0.2, 0.25) is 0 Å². The highest BCUT2D eigenvalue weighted by molar-refractivity contribution is 5.20. The van der Waals surface area contributed by atoms with Crippen LogP contribution < -0.4 is 5.32 Å². The molecule has 3 heteroatoms. The van der Waals surface area contributed by atoms with Gasteiger partial charge in [0, 0.05) is 6.04 Å². The molecule has 20 heavy (non-hydrogen) atoms. The van der Waals surface area contributed by atoms with Gasteiger partial charge in [-0.25, -0.2) is 0 Å². The first-order valence-electron chi connectivity index (χ1n) is 8.14. The van der Waals surface area contributed by atoms with Crippen molar-refractivity contribution in [2.24, 2.45) is 5.92 Å². The largest absolute Gasteiger partial charge is 0.463 e. The summed E-state index contributed by atoms with van der Waals surface area (Å²) in [5.74, 6) is 2.97. The van der Waals surface area contributed by atoms with Crippen LogP contribution in [0.3, 0.4) is 0 Å². The van der Waals surface area contributed by atoms with Gasteiger partial charge in [-0.05, 0) is 56.8 Å². The summed E-state index contributed by atoms with van der Waals surface area (Å²) >= 11 is 0. The van der Waals surface area contributed by atoms with Gasteiger partial charge in [-0.3, -0.25) is 4.90 Å². The third-order valence-corrected chi connectivity index (χ3v) is 4.33. The first kappa shape index (κ1) is 15.6. The summed E-state index contributed by atoms with van der Waals surface area (Å²) in [6.07, 6.45) is 3.83. The molecule has 1 atom stereocenters. The van der Waals surface area contributed by atoms with Crippen molar-refractivity contribution in [3.05, 3.63) is 23.2 Å². The number of rotatable bonds is 7. The second-order valence-electron chi connectivity index (χ2n) is 6.42. The average molecular weight is 278 g/mol. The molecule has 0 spiro atoms. The third kappa shape index (κ3) is 3.86. The van der Waals surface area contributed by atoms with Gasteiger partial charge < -0.3 is 9.73 Å². The Morgan fingerprint density at radius 3 is 2.95 bits per heavy atom. The van der Waals surface area contributed by atoms with E-state index in [9.17, 15) is 0 Å². The molecule has 2 rings (SSSR count). The molecule has 3 nitrogen and oxygen atoms in total. The Balaban J connectivity index is 1.94. The van der Waals surface area contributed by atoms with Gasteiger partial charge >= 0.3 is 0 Å². The second kappa shape index (κ2) is 7.28. The number of nitrogens with one attached hydrogen (secondary N) is 1. The van der Waals surface area contributed by atoms with Gasteiger partial charge in [-0.2, -0.15) is 0 Å². The maximum Gasteiger partial charge on any atom is 0.120 e. The Morgan fingerprint density at radius 1 is 1.45 bits per heavy atom. The van der Waals surface area contributed by atoms with Crippen LogP contribution in [0.2, 0.25) is 0 Å². The van der Waals surface area contributed by atoms with Crippen LogP contribution in [-0.4, -0.2) is 24.0 Å². The lowest BCUT2D eigenvalue weighted by Gasteiger charge is -2.26. The minimum atomic E-state index is 0.724. The summed E-state index contributed by atoms with van der Waals surface area (Å²) in [6.45, 7) is 13.1. The Bertz CT molecular complexity index is 411. The summed E-state index contributed by atoms with van der Waals surface area (Å²) in [4.78, 5) is 2.59. The molecule has 0 amide bonds. The van der Waals surface area contributed by atoms with Crippen LogP contribution in [0.1, 0.15) is 57.1 Å². The number of nitrogens with zero attached hydrogens (tertiary/aromatic N) is 1. The van der Waals surface area contributed by atoms with Crippen LogP contribution in [0.4, 0.5) is 0 Å². The van der Waals surface area contributed by atoms with Crippen molar-refractivity contribution in [3.63, 3.8) is 0 Å². The predicted octanol–water partition coefficient (Wildman–Crippen LogP) is 3.71. The summed E-state index contributed by atoms with van der Waals surface area (Å²) in [6, 6.07) is 2.95. The van der Waals surface area contributed by atoms with Crippen molar-refractivity contribution in [2.45, 2.75) is 66.1 Å². The lowest BCUT2D eigenvalue weighted by molar-refractivity contribution is 0.184. The first-order chi connectivity index (χ1) is 9.61. The molecule has 1 aromatic heterocycles. The van der Waals surface area contributed by atoms with Crippen LogP contribution in [-0.2, 0) is 13.1 Å². The smallest absolute Gasteiger partial charge is 0.120 e. The van der Waals surface area contributed by atoms with E-state index in [2.05, 4.69) is 44.0 Å². The first-order valence-corrected chi connectivity index (χ1v) is 8.14. The molecule has 1 aliphatic rings. The molecule has 114 valence electrons. The molecule has 1 aliphatic heterocycles. The van der Waals surface area contributed by atoms with Crippen molar-refractivity contribution >= 4 is 0 Å².